The van der Waals surface area contributed by atoms with E-state index in [9.17, 15) is 9.59 Å². The van der Waals surface area contributed by atoms with Gasteiger partial charge in [0.25, 0.3) is 0 Å². The molecule has 1 unspecified atom stereocenters. The minimum Gasteiger partial charge on any atom is -0.340 e. The number of hydrogen-bond acceptors (Lipinski definition) is 2. The number of likely N-dealkylation sites (N-methyl/N-ethyl adjacent to an activating group) is 1. The molecule has 3 fully saturated rings. The third kappa shape index (κ3) is 1.44. The quantitative estimate of drug-likeness (QED) is 0.765. The maximum Gasteiger partial charge on any atom is 0.248 e. The zero-order chi connectivity index (χ0) is 13.0. The van der Waals surface area contributed by atoms with Crippen LogP contribution in [0.5, 0.6) is 0 Å². The first-order valence-corrected chi connectivity index (χ1v) is 7.11. The summed E-state index contributed by atoms with van der Waals surface area (Å²) in [5.41, 5.74) is -1.20. The van der Waals surface area contributed by atoms with Gasteiger partial charge in [-0.3, -0.25) is 9.59 Å². The molecule has 1 spiro atoms. The van der Waals surface area contributed by atoms with Crippen molar-refractivity contribution >= 4 is 11.8 Å². The molecule has 0 aromatic heterocycles. The second-order valence-corrected chi connectivity index (χ2v) is 6.39. The Kier molecular flexibility index (Phi) is 2.48. The highest BCUT2D eigenvalue weighted by atomic mass is 16.2. The van der Waals surface area contributed by atoms with E-state index in [4.69, 9.17) is 0 Å². The van der Waals surface area contributed by atoms with Crippen LogP contribution in [-0.4, -0.2) is 34.8 Å². The highest BCUT2D eigenvalue weighted by Crippen LogP contribution is 2.45. The summed E-state index contributed by atoms with van der Waals surface area (Å²) in [5, 5.41) is 3.07. The Labute approximate surface area is 108 Å². The summed E-state index contributed by atoms with van der Waals surface area (Å²) in [6.45, 7) is 1.90. The van der Waals surface area contributed by atoms with Gasteiger partial charge in [0.05, 0.1) is 0 Å². The van der Waals surface area contributed by atoms with Gasteiger partial charge in [0.15, 0.2) is 0 Å². The smallest absolute Gasteiger partial charge is 0.248 e. The van der Waals surface area contributed by atoms with Crippen molar-refractivity contribution in [2.24, 2.45) is 5.92 Å². The monoisotopic (exact) mass is 250 g/mol. The van der Waals surface area contributed by atoms with E-state index in [1.165, 1.54) is 6.42 Å². The van der Waals surface area contributed by atoms with E-state index < -0.39 is 11.1 Å². The first kappa shape index (κ1) is 12.0. The van der Waals surface area contributed by atoms with Crippen LogP contribution in [0.25, 0.3) is 0 Å². The number of amides is 2. The molecule has 4 nitrogen and oxygen atoms in total. The van der Waals surface area contributed by atoms with Crippen molar-refractivity contribution in [1.82, 2.24) is 10.2 Å². The van der Waals surface area contributed by atoms with Crippen LogP contribution in [0.1, 0.15) is 51.9 Å². The van der Waals surface area contributed by atoms with E-state index >= 15 is 0 Å². The number of nitrogens with zero attached hydrogens (tertiary/aromatic N) is 1. The Hall–Kier alpha value is -1.06. The molecule has 3 aliphatic rings. The van der Waals surface area contributed by atoms with Crippen LogP contribution in [0, 0.1) is 5.92 Å². The number of hydrogen-bond donors (Lipinski definition) is 1. The lowest BCUT2D eigenvalue weighted by Crippen LogP contribution is -2.75. The molecule has 2 saturated carbocycles. The third-order valence-corrected chi connectivity index (χ3v) is 5.26. The lowest BCUT2D eigenvalue weighted by Gasteiger charge is -2.52. The number of nitrogens with one attached hydrogen (secondary N) is 1. The highest BCUT2D eigenvalue weighted by molar-refractivity contribution is 6.02. The van der Waals surface area contributed by atoms with E-state index in [0.717, 1.165) is 38.5 Å². The Balaban J connectivity index is 1.92. The molecule has 1 heterocycles. The van der Waals surface area contributed by atoms with Crippen LogP contribution >= 0.6 is 0 Å². The van der Waals surface area contributed by atoms with Crippen LogP contribution in [0.4, 0.5) is 0 Å². The van der Waals surface area contributed by atoms with Gasteiger partial charge in [-0.2, -0.15) is 0 Å². The zero-order valence-corrected chi connectivity index (χ0v) is 11.3. The van der Waals surface area contributed by atoms with Gasteiger partial charge >= 0.3 is 0 Å². The predicted octanol–water partition coefficient (Wildman–Crippen LogP) is 1.45. The summed E-state index contributed by atoms with van der Waals surface area (Å²) < 4.78 is 0. The maximum atomic E-state index is 12.7. The topological polar surface area (TPSA) is 49.4 Å². The van der Waals surface area contributed by atoms with Crippen LogP contribution in [0.15, 0.2) is 0 Å². The molecule has 100 valence electrons. The maximum absolute atomic E-state index is 12.7. The van der Waals surface area contributed by atoms with Crippen molar-refractivity contribution < 1.29 is 9.59 Å². The molecule has 0 radical (unpaired) electrons. The molecule has 1 N–H and O–H groups in total. The summed E-state index contributed by atoms with van der Waals surface area (Å²) in [7, 11) is 1.83. The van der Waals surface area contributed by atoms with E-state index in [-0.39, 0.29) is 11.8 Å². The summed E-state index contributed by atoms with van der Waals surface area (Å²) in [4.78, 5) is 27.0. The molecule has 4 heteroatoms. The number of piperazine rings is 1. The van der Waals surface area contributed by atoms with Gasteiger partial charge in [0.1, 0.15) is 11.1 Å². The Bertz CT molecular complexity index is 397. The fraction of sp³-hybridized carbons (Fsp3) is 0.857. The SMILES string of the molecule is CN1C(=O)C(C)(C2CC2)NC(=O)C12CCCCC2. The molecule has 2 aliphatic carbocycles. The fourth-order valence-corrected chi connectivity index (χ4v) is 3.74. The number of carbonyl (C=O) groups excluding carboxylic acids is 2. The first-order chi connectivity index (χ1) is 8.51. The van der Waals surface area contributed by atoms with Gasteiger partial charge in [-0.15, -0.1) is 0 Å². The summed E-state index contributed by atoms with van der Waals surface area (Å²) >= 11 is 0. The average Bonchev–Trinajstić information content (AvgIpc) is 3.20. The lowest BCUT2D eigenvalue weighted by molar-refractivity contribution is -0.163. The summed E-state index contributed by atoms with van der Waals surface area (Å²) in [6.07, 6.45) is 7.03. The number of rotatable bonds is 1. The molecule has 2 amide bonds. The van der Waals surface area contributed by atoms with E-state index in [1.807, 2.05) is 14.0 Å². The Morgan fingerprint density at radius 1 is 1.17 bits per heavy atom. The van der Waals surface area contributed by atoms with Crippen molar-refractivity contribution in [1.29, 1.82) is 0 Å². The van der Waals surface area contributed by atoms with Gasteiger partial charge in [0.2, 0.25) is 11.8 Å². The largest absolute Gasteiger partial charge is 0.340 e. The molecule has 0 bridgehead atoms. The number of carbonyl (C=O) groups is 2. The van der Waals surface area contributed by atoms with E-state index in [2.05, 4.69) is 5.32 Å². The molecular formula is C14H22N2O2. The van der Waals surface area contributed by atoms with Crippen LogP contribution in [0.3, 0.4) is 0 Å². The minimum atomic E-state index is -0.644. The Morgan fingerprint density at radius 3 is 2.33 bits per heavy atom. The molecule has 0 aromatic carbocycles. The van der Waals surface area contributed by atoms with Crippen molar-refractivity contribution in [3.05, 3.63) is 0 Å². The van der Waals surface area contributed by atoms with Crippen molar-refractivity contribution in [2.75, 3.05) is 7.05 Å². The zero-order valence-electron chi connectivity index (χ0n) is 11.3. The van der Waals surface area contributed by atoms with E-state index in [1.54, 1.807) is 4.90 Å². The van der Waals surface area contributed by atoms with Crippen LogP contribution in [0.2, 0.25) is 0 Å². The standard InChI is InChI=1S/C14H22N2O2/c1-13(10-6-7-10)12(18)16(2)14(11(17)15-13)8-4-3-5-9-14/h10H,3-9H2,1-2H3,(H,15,17). The molecule has 1 aliphatic heterocycles. The molecular weight excluding hydrogens is 228 g/mol. The van der Waals surface area contributed by atoms with Gasteiger partial charge < -0.3 is 10.2 Å². The molecule has 0 aromatic rings. The molecule has 3 rings (SSSR count). The second-order valence-electron chi connectivity index (χ2n) is 6.39. The normalized spacial score (nSPS) is 35.8. The molecule has 18 heavy (non-hydrogen) atoms. The second kappa shape index (κ2) is 3.72. The Morgan fingerprint density at radius 2 is 1.78 bits per heavy atom. The van der Waals surface area contributed by atoms with E-state index in [0.29, 0.717) is 5.92 Å². The van der Waals surface area contributed by atoms with Crippen LogP contribution < -0.4 is 5.32 Å². The molecule has 1 atom stereocenters. The lowest BCUT2D eigenvalue weighted by atomic mass is 9.75. The van der Waals surface area contributed by atoms with Gasteiger partial charge in [0, 0.05) is 7.05 Å². The summed E-state index contributed by atoms with van der Waals surface area (Å²) in [5.74, 6) is 0.544. The minimum absolute atomic E-state index is 0.0821. The molecule has 1 saturated heterocycles. The average molecular weight is 250 g/mol. The van der Waals surface area contributed by atoms with Crippen molar-refractivity contribution in [2.45, 2.75) is 62.9 Å². The highest BCUT2D eigenvalue weighted by Gasteiger charge is 2.59. The summed E-state index contributed by atoms with van der Waals surface area (Å²) in [6, 6.07) is 0. The van der Waals surface area contributed by atoms with Gasteiger partial charge in [-0.1, -0.05) is 19.3 Å². The fourth-order valence-electron chi connectivity index (χ4n) is 3.74. The van der Waals surface area contributed by atoms with Gasteiger partial charge in [-0.05, 0) is 38.5 Å². The van der Waals surface area contributed by atoms with Crippen molar-refractivity contribution in [3.63, 3.8) is 0 Å². The third-order valence-electron chi connectivity index (χ3n) is 5.26. The van der Waals surface area contributed by atoms with Crippen molar-refractivity contribution in [3.8, 4) is 0 Å². The predicted molar refractivity (Wildman–Crippen MR) is 67.9 cm³/mol. The van der Waals surface area contributed by atoms with Crippen LogP contribution in [-0.2, 0) is 9.59 Å². The van der Waals surface area contributed by atoms with Gasteiger partial charge in [-0.25, -0.2) is 0 Å². The first-order valence-electron chi connectivity index (χ1n) is 7.11.